The Hall–Kier alpha value is -1.44. The highest BCUT2D eigenvalue weighted by Crippen LogP contribution is 2.41. The Labute approximate surface area is 185 Å². The summed E-state index contributed by atoms with van der Waals surface area (Å²) in [6.45, 7) is 8.51. The number of rotatable bonds is 10. The Balaban J connectivity index is 1.66. The molecule has 1 heterocycles. The summed E-state index contributed by atoms with van der Waals surface area (Å²) in [4.78, 5) is 7.30. The fraction of sp³-hybridized carbons (Fsp3) is 0.696. The number of hydrogen-bond acceptors (Lipinski definition) is 5. The first kappa shape index (κ1) is 23.2. The predicted molar refractivity (Wildman–Crippen MR) is 127 cm³/mol. The lowest BCUT2D eigenvalue weighted by molar-refractivity contribution is -0.0154. The molecule has 3 atom stereocenters. The molecule has 0 bridgehead atoms. The summed E-state index contributed by atoms with van der Waals surface area (Å²) in [6.07, 6.45) is 4.44. The molecule has 1 aromatic carbocycles. The number of ether oxygens (including phenoxy) is 1. The second-order valence-electron chi connectivity index (χ2n) is 8.19. The van der Waals surface area contributed by atoms with Crippen LogP contribution < -0.4 is 15.4 Å². The highest BCUT2D eigenvalue weighted by molar-refractivity contribution is 8.00. The van der Waals surface area contributed by atoms with Crippen molar-refractivity contribution in [1.82, 2.24) is 15.5 Å². The van der Waals surface area contributed by atoms with Gasteiger partial charge >= 0.3 is 0 Å². The third-order valence-electron chi connectivity index (χ3n) is 6.21. The van der Waals surface area contributed by atoms with Gasteiger partial charge in [0.1, 0.15) is 5.75 Å². The van der Waals surface area contributed by atoms with E-state index >= 15 is 0 Å². The van der Waals surface area contributed by atoms with Crippen LogP contribution in [0.3, 0.4) is 0 Å². The number of nitrogens with one attached hydrogen (secondary N) is 2. The van der Waals surface area contributed by atoms with Gasteiger partial charge in [-0.15, -0.1) is 0 Å². The number of nitrogens with zero attached hydrogens (tertiary/aromatic N) is 2. The smallest absolute Gasteiger partial charge is 0.191 e. The van der Waals surface area contributed by atoms with E-state index in [-0.39, 0.29) is 6.04 Å². The van der Waals surface area contributed by atoms with Crippen molar-refractivity contribution in [3.8, 4) is 5.75 Å². The van der Waals surface area contributed by atoms with E-state index in [1.165, 1.54) is 18.4 Å². The molecule has 1 aliphatic carbocycles. The van der Waals surface area contributed by atoms with E-state index in [0.29, 0.717) is 11.8 Å². The minimum absolute atomic E-state index is 0.289. The molecule has 1 saturated heterocycles. The highest BCUT2D eigenvalue weighted by Gasteiger charge is 2.45. The SMILES string of the molecule is CCNC(=NCC1(O)CCC1SCC)NCC(c1ccc(OC)cc1)N1CCCC1. The van der Waals surface area contributed by atoms with Crippen LogP contribution in [0, 0.1) is 0 Å². The van der Waals surface area contributed by atoms with Gasteiger partial charge in [-0.1, -0.05) is 19.1 Å². The van der Waals surface area contributed by atoms with Crippen LogP contribution in [0.5, 0.6) is 5.75 Å². The molecule has 30 heavy (non-hydrogen) atoms. The Morgan fingerprint density at radius 1 is 1.27 bits per heavy atom. The number of guanidine groups is 1. The molecule has 2 aliphatic rings. The van der Waals surface area contributed by atoms with Gasteiger partial charge in [0.05, 0.1) is 25.3 Å². The summed E-state index contributed by atoms with van der Waals surface area (Å²) in [5.74, 6) is 2.71. The lowest BCUT2D eigenvalue weighted by atomic mass is 9.79. The summed E-state index contributed by atoms with van der Waals surface area (Å²) >= 11 is 1.85. The molecule has 3 unspecified atom stereocenters. The molecule has 1 aromatic rings. The lowest BCUT2D eigenvalue weighted by Crippen LogP contribution is -2.53. The average Bonchev–Trinajstić information content (AvgIpc) is 3.30. The molecule has 0 spiro atoms. The highest BCUT2D eigenvalue weighted by atomic mass is 32.2. The van der Waals surface area contributed by atoms with Crippen LogP contribution in [-0.4, -0.2) is 72.4 Å². The third-order valence-corrected chi connectivity index (χ3v) is 7.62. The molecule has 1 saturated carbocycles. The van der Waals surface area contributed by atoms with E-state index < -0.39 is 5.60 Å². The zero-order chi connectivity index (χ0) is 21.4. The molecule has 1 aliphatic heterocycles. The van der Waals surface area contributed by atoms with Crippen molar-refractivity contribution in [2.75, 3.05) is 45.6 Å². The summed E-state index contributed by atoms with van der Waals surface area (Å²) in [5, 5.41) is 18.1. The molecule has 0 radical (unpaired) electrons. The average molecular weight is 435 g/mol. The minimum Gasteiger partial charge on any atom is -0.497 e. The molecular formula is C23H38N4O2S. The van der Waals surface area contributed by atoms with E-state index in [4.69, 9.17) is 9.73 Å². The van der Waals surface area contributed by atoms with Gasteiger partial charge in [-0.05, 0) is 69.1 Å². The van der Waals surface area contributed by atoms with E-state index in [2.05, 4.69) is 41.5 Å². The van der Waals surface area contributed by atoms with Crippen LogP contribution in [0.2, 0.25) is 0 Å². The Kier molecular flexibility index (Phi) is 8.72. The van der Waals surface area contributed by atoms with Gasteiger partial charge in [-0.2, -0.15) is 11.8 Å². The minimum atomic E-state index is -0.659. The van der Waals surface area contributed by atoms with E-state index in [1.54, 1.807) is 7.11 Å². The maximum absolute atomic E-state index is 10.9. The topological polar surface area (TPSA) is 69.1 Å². The Morgan fingerprint density at radius 3 is 2.57 bits per heavy atom. The normalized spacial score (nSPS) is 25.6. The predicted octanol–water partition coefficient (Wildman–Crippen LogP) is 3.03. The van der Waals surface area contributed by atoms with Crippen molar-refractivity contribution in [2.45, 2.75) is 56.4 Å². The first-order valence-corrected chi connectivity index (χ1v) is 12.4. The van der Waals surface area contributed by atoms with Crippen molar-refractivity contribution in [1.29, 1.82) is 0 Å². The first-order chi connectivity index (χ1) is 14.6. The molecule has 3 rings (SSSR count). The maximum atomic E-state index is 10.9. The van der Waals surface area contributed by atoms with Crippen molar-refractivity contribution in [3.05, 3.63) is 29.8 Å². The summed E-state index contributed by atoms with van der Waals surface area (Å²) < 4.78 is 5.33. The Morgan fingerprint density at radius 2 is 2.00 bits per heavy atom. The number of likely N-dealkylation sites (tertiary alicyclic amines) is 1. The summed E-state index contributed by atoms with van der Waals surface area (Å²) in [6, 6.07) is 8.69. The second-order valence-corrected chi connectivity index (χ2v) is 9.67. The molecule has 7 heteroatoms. The van der Waals surface area contributed by atoms with Gasteiger partial charge in [0.2, 0.25) is 0 Å². The standard InChI is InChI=1S/C23H38N4O2S/c1-4-24-22(26-17-23(28)13-12-21(23)30-5-2)25-16-20(27-14-6-7-15-27)18-8-10-19(29-3)11-9-18/h8-11,20-21,28H,4-7,12-17H2,1-3H3,(H2,24,25,26). The van der Waals surface area contributed by atoms with Crippen molar-refractivity contribution >= 4 is 17.7 Å². The van der Waals surface area contributed by atoms with Gasteiger partial charge < -0.3 is 20.5 Å². The van der Waals surface area contributed by atoms with Crippen LogP contribution >= 0.6 is 11.8 Å². The molecule has 6 nitrogen and oxygen atoms in total. The van der Waals surface area contributed by atoms with Crippen LogP contribution in [0.25, 0.3) is 0 Å². The molecule has 3 N–H and O–H groups in total. The molecular weight excluding hydrogens is 396 g/mol. The van der Waals surface area contributed by atoms with Gasteiger partial charge in [0, 0.05) is 18.3 Å². The fourth-order valence-electron chi connectivity index (χ4n) is 4.30. The van der Waals surface area contributed by atoms with Gasteiger partial charge in [0.25, 0.3) is 0 Å². The summed E-state index contributed by atoms with van der Waals surface area (Å²) in [7, 11) is 1.70. The van der Waals surface area contributed by atoms with E-state index in [1.807, 2.05) is 23.9 Å². The number of aliphatic hydroxyl groups is 1. The maximum Gasteiger partial charge on any atom is 0.191 e. The van der Waals surface area contributed by atoms with Gasteiger partial charge in [0.15, 0.2) is 5.96 Å². The van der Waals surface area contributed by atoms with E-state index in [9.17, 15) is 5.11 Å². The zero-order valence-electron chi connectivity index (χ0n) is 18.7. The number of benzene rings is 1. The summed E-state index contributed by atoms with van der Waals surface area (Å²) in [5.41, 5.74) is 0.631. The van der Waals surface area contributed by atoms with Crippen molar-refractivity contribution in [2.24, 2.45) is 4.99 Å². The molecule has 0 aromatic heterocycles. The lowest BCUT2D eigenvalue weighted by Gasteiger charge is -2.44. The first-order valence-electron chi connectivity index (χ1n) is 11.3. The second kappa shape index (κ2) is 11.3. The number of aliphatic imine (C=N–C) groups is 1. The van der Waals surface area contributed by atoms with E-state index in [0.717, 1.165) is 56.5 Å². The van der Waals surface area contributed by atoms with Crippen molar-refractivity contribution in [3.63, 3.8) is 0 Å². The van der Waals surface area contributed by atoms with Crippen LogP contribution in [0.1, 0.15) is 51.1 Å². The largest absolute Gasteiger partial charge is 0.497 e. The number of hydrogen-bond donors (Lipinski definition) is 3. The monoisotopic (exact) mass is 434 g/mol. The van der Waals surface area contributed by atoms with Gasteiger partial charge in [-0.25, -0.2) is 0 Å². The number of methoxy groups -OCH3 is 1. The quantitative estimate of drug-likeness (QED) is 0.388. The molecule has 0 amide bonds. The zero-order valence-corrected chi connectivity index (χ0v) is 19.5. The van der Waals surface area contributed by atoms with Crippen LogP contribution in [0.4, 0.5) is 0 Å². The fourth-order valence-corrected chi connectivity index (χ4v) is 5.49. The van der Waals surface area contributed by atoms with Crippen LogP contribution in [-0.2, 0) is 0 Å². The Bertz CT molecular complexity index is 678. The molecule has 2 fully saturated rings. The third kappa shape index (κ3) is 5.83. The van der Waals surface area contributed by atoms with Crippen molar-refractivity contribution < 1.29 is 9.84 Å². The van der Waals surface area contributed by atoms with Gasteiger partial charge in [-0.3, -0.25) is 9.89 Å². The number of thioether (sulfide) groups is 1. The molecule has 168 valence electrons. The van der Waals surface area contributed by atoms with Crippen LogP contribution in [0.15, 0.2) is 29.3 Å².